The van der Waals surface area contributed by atoms with Gasteiger partial charge in [0.1, 0.15) is 18.3 Å². The molecule has 0 amide bonds. The van der Waals surface area contributed by atoms with Crippen LogP contribution in [0.15, 0.2) is 42.7 Å². The molecule has 4 rings (SSSR count). The number of imidazole rings is 1. The number of hydrogen-bond donors (Lipinski definition) is 0. The van der Waals surface area contributed by atoms with E-state index in [1.54, 1.807) is 19.6 Å². The van der Waals surface area contributed by atoms with Crippen molar-refractivity contribution in [3.63, 3.8) is 0 Å². The second-order valence-corrected chi connectivity index (χ2v) is 4.48. The van der Waals surface area contributed by atoms with Gasteiger partial charge in [-0.05, 0) is 18.2 Å². The average Bonchev–Trinajstić information content (AvgIpc) is 2.88. The van der Waals surface area contributed by atoms with Crippen LogP contribution in [0.2, 0.25) is 0 Å². The molecule has 0 aliphatic rings. The lowest BCUT2D eigenvalue weighted by Gasteiger charge is -2.06. The van der Waals surface area contributed by atoms with Crippen LogP contribution in [0.3, 0.4) is 0 Å². The second kappa shape index (κ2) is 4.37. The van der Waals surface area contributed by atoms with Gasteiger partial charge in [0.05, 0.1) is 22.7 Å². The van der Waals surface area contributed by atoms with Crippen molar-refractivity contribution in [3.05, 3.63) is 42.7 Å². The summed E-state index contributed by atoms with van der Waals surface area (Å²) in [4.78, 5) is 13.4. The van der Waals surface area contributed by atoms with Crippen molar-refractivity contribution in [1.82, 2.24) is 19.4 Å². The van der Waals surface area contributed by atoms with Crippen LogP contribution in [0.1, 0.15) is 0 Å². The van der Waals surface area contributed by atoms with E-state index < -0.39 is 0 Å². The summed E-state index contributed by atoms with van der Waals surface area (Å²) < 4.78 is 2.09. The van der Waals surface area contributed by atoms with E-state index in [1.807, 2.05) is 30.3 Å². The summed E-state index contributed by atoms with van der Waals surface area (Å²) in [7, 11) is 8.75. The minimum absolute atomic E-state index is 0.740. The number of benzene rings is 1. The number of rotatable bonds is 2. The number of aromatic nitrogens is 4. The van der Waals surface area contributed by atoms with Crippen LogP contribution >= 0.6 is 0 Å². The molecule has 0 aliphatic heterocycles. The van der Waals surface area contributed by atoms with E-state index in [-0.39, 0.29) is 0 Å². The van der Waals surface area contributed by atoms with Gasteiger partial charge in [0.25, 0.3) is 0 Å². The highest BCUT2D eigenvalue weighted by Crippen LogP contribution is 2.19. The van der Waals surface area contributed by atoms with Gasteiger partial charge in [-0.3, -0.25) is 14.4 Å². The van der Waals surface area contributed by atoms with Crippen molar-refractivity contribution < 1.29 is 0 Å². The molecule has 3 heterocycles. The molecule has 0 atom stereocenters. The number of pyridine rings is 1. The lowest BCUT2D eigenvalue weighted by molar-refractivity contribution is 1.23. The van der Waals surface area contributed by atoms with Crippen molar-refractivity contribution in [2.24, 2.45) is 0 Å². The smallest absolute Gasteiger partial charge is 0.149 e. The largest absolute Gasteiger partial charge is 0.290 e. The topological polar surface area (TPSA) is 43.1 Å². The van der Waals surface area contributed by atoms with Gasteiger partial charge in [-0.15, -0.1) is 0 Å². The van der Waals surface area contributed by atoms with Gasteiger partial charge in [0.15, 0.2) is 0 Å². The predicted molar refractivity (Wildman–Crippen MR) is 82.7 cm³/mol. The molecule has 3 aromatic heterocycles. The maximum atomic E-state index is 5.52. The molecule has 4 nitrogen and oxygen atoms in total. The van der Waals surface area contributed by atoms with Crippen LogP contribution in [-0.4, -0.2) is 41.3 Å². The highest BCUT2D eigenvalue weighted by atomic mass is 15.0. The van der Waals surface area contributed by atoms with Gasteiger partial charge in [-0.25, -0.2) is 4.98 Å². The predicted octanol–water partition coefficient (Wildman–Crippen LogP) is 0.463. The normalized spacial score (nSPS) is 11.2. The molecule has 4 radical (unpaired) electrons. The first-order valence-electron chi connectivity index (χ1n) is 6.28. The molecule has 0 fully saturated rings. The number of hydrogen-bond acceptors (Lipinski definition) is 3. The van der Waals surface area contributed by atoms with E-state index in [0.29, 0.717) is 0 Å². The van der Waals surface area contributed by atoms with Crippen LogP contribution in [0.25, 0.3) is 27.7 Å². The Bertz CT molecular complexity index is 935. The highest BCUT2D eigenvalue weighted by Gasteiger charge is 2.12. The van der Waals surface area contributed by atoms with Gasteiger partial charge >= 0.3 is 0 Å². The van der Waals surface area contributed by atoms with Crippen LogP contribution in [0, 0.1) is 0 Å². The highest BCUT2D eigenvalue weighted by molar-refractivity contribution is 7.27. The molecule has 7 heteroatoms. The summed E-state index contributed by atoms with van der Waals surface area (Å²) in [6.07, 6.45) is 3.51. The summed E-state index contributed by atoms with van der Waals surface area (Å²) in [5.41, 5.74) is 5.32. The van der Waals surface area contributed by atoms with Crippen LogP contribution < -0.4 is 5.59 Å². The lowest BCUT2D eigenvalue weighted by atomic mass is 9.27. The number of para-hydroxylation sites is 2. The Morgan fingerprint density at radius 1 is 1.00 bits per heavy atom. The number of nitrogens with zero attached hydrogens (tertiary/aromatic N) is 4. The number of fused-ring (bicyclic) bond motifs is 5. The monoisotopic (exact) mass is 252 g/mol. The van der Waals surface area contributed by atoms with Gasteiger partial charge in [-0.2, -0.15) is 0 Å². The molecule has 88 valence electrons. The minimum atomic E-state index is 0.740. The summed E-state index contributed by atoms with van der Waals surface area (Å²) in [6.45, 7) is 0. The van der Waals surface area contributed by atoms with Crippen molar-refractivity contribution in [2.45, 2.75) is 0 Å². The summed E-state index contributed by atoms with van der Waals surface area (Å²) in [5, 5.41) is 0. The minimum Gasteiger partial charge on any atom is -0.290 e. The Balaban J connectivity index is 2.27. The third kappa shape index (κ3) is 1.56. The van der Waals surface area contributed by atoms with E-state index in [0.717, 1.165) is 33.3 Å². The average molecular weight is 252 g/mol. The molecule has 0 unspecified atom stereocenters. The van der Waals surface area contributed by atoms with E-state index in [9.17, 15) is 0 Å². The van der Waals surface area contributed by atoms with E-state index >= 15 is 0 Å². The molecule has 0 aliphatic carbocycles. The van der Waals surface area contributed by atoms with Gasteiger partial charge in [-0.1, -0.05) is 12.1 Å². The first-order valence-corrected chi connectivity index (χ1v) is 6.28. The third-order valence-electron chi connectivity index (χ3n) is 3.30. The maximum absolute atomic E-state index is 5.52. The SMILES string of the molecule is [B][B][B]c1nc2cnccc2n2c1nc1ccccc12. The molecular weight excluding hydrogens is 245 g/mol. The molecule has 1 aromatic carbocycles. The fraction of sp³-hybridized carbons (Fsp3) is 0. The van der Waals surface area contributed by atoms with Gasteiger partial charge < -0.3 is 0 Å². The van der Waals surface area contributed by atoms with Crippen molar-refractivity contribution in [2.75, 3.05) is 0 Å². The quantitative estimate of drug-likeness (QED) is 0.486. The third-order valence-corrected chi connectivity index (χ3v) is 3.30. The first-order chi connectivity index (χ1) is 9.88. The molecule has 4 aromatic rings. The lowest BCUT2D eigenvalue weighted by Crippen LogP contribution is -2.27. The molecule has 20 heavy (non-hydrogen) atoms. The maximum Gasteiger partial charge on any atom is 0.149 e. The standard InChI is InChI=1S/C13H7B3N4/c14-16-15-12-13-19-8-3-1-2-4-10(8)20(13)11-5-6-17-7-9(11)18-12/h1-7H. The van der Waals surface area contributed by atoms with Gasteiger partial charge in [0.2, 0.25) is 0 Å². The van der Waals surface area contributed by atoms with Crippen molar-refractivity contribution in [3.8, 4) is 0 Å². The summed E-state index contributed by atoms with van der Waals surface area (Å²) in [5.74, 6) is 0. The zero-order valence-electron chi connectivity index (χ0n) is 10.6. The van der Waals surface area contributed by atoms with Crippen molar-refractivity contribution >= 4 is 55.3 Å². The molecule has 0 saturated heterocycles. The van der Waals surface area contributed by atoms with E-state index in [2.05, 4.69) is 19.4 Å². The molecule has 0 spiro atoms. The van der Waals surface area contributed by atoms with Crippen LogP contribution in [-0.2, 0) is 0 Å². The Kier molecular flexibility index (Phi) is 2.52. The second-order valence-electron chi connectivity index (χ2n) is 4.48. The van der Waals surface area contributed by atoms with E-state index in [4.69, 9.17) is 7.74 Å². The summed E-state index contributed by atoms with van der Waals surface area (Å²) >= 11 is 0. The molecule has 0 bridgehead atoms. The Labute approximate surface area is 118 Å². The Morgan fingerprint density at radius 3 is 2.75 bits per heavy atom. The van der Waals surface area contributed by atoms with Crippen LogP contribution in [0.4, 0.5) is 0 Å². The first kappa shape index (κ1) is 11.5. The Hall–Kier alpha value is -2.30. The molecule has 0 saturated carbocycles. The van der Waals surface area contributed by atoms with E-state index in [1.165, 1.54) is 7.06 Å². The zero-order valence-corrected chi connectivity index (χ0v) is 10.6. The fourth-order valence-electron chi connectivity index (χ4n) is 2.48. The molecule has 0 N–H and O–H groups in total. The Morgan fingerprint density at radius 2 is 1.85 bits per heavy atom. The molecular formula is C13H7B3N4. The van der Waals surface area contributed by atoms with Crippen molar-refractivity contribution in [1.29, 1.82) is 0 Å². The van der Waals surface area contributed by atoms with Gasteiger partial charge in [0, 0.05) is 26.6 Å². The van der Waals surface area contributed by atoms with Crippen LogP contribution in [0.5, 0.6) is 0 Å². The summed E-state index contributed by atoms with van der Waals surface area (Å²) in [6, 6.07) is 9.96. The fourth-order valence-corrected chi connectivity index (χ4v) is 2.48. The zero-order chi connectivity index (χ0) is 13.5.